The Morgan fingerprint density at radius 2 is 2.04 bits per heavy atom. The molecule has 1 N–H and O–H groups in total. The van der Waals surface area contributed by atoms with Gasteiger partial charge in [-0.2, -0.15) is 0 Å². The van der Waals surface area contributed by atoms with Crippen LogP contribution in [0.1, 0.15) is 11.3 Å². The average molecular weight is 383 g/mol. The lowest BCUT2D eigenvalue weighted by molar-refractivity contribution is -0.149. The van der Waals surface area contributed by atoms with Crippen LogP contribution in [0.4, 0.5) is 5.69 Å². The summed E-state index contributed by atoms with van der Waals surface area (Å²) in [5, 5.41) is 6.20. The van der Waals surface area contributed by atoms with E-state index in [1.807, 2.05) is 13.0 Å². The fourth-order valence-electron chi connectivity index (χ4n) is 1.65. The second-order valence-electron chi connectivity index (χ2n) is 4.74. The Bertz CT molecular complexity index is 714. The number of ether oxygens (including phenoxy) is 2. The third-order valence-electron chi connectivity index (χ3n) is 2.75. The SMILES string of the molecule is Cc1cc(OCC(=O)OCC(=O)Nc2ccc(Br)c(C)c2)no1. The van der Waals surface area contributed by atoms with Crippen LogP contribution in [0.15, 0.2) is 33.3 Å². The van der Waals surface area contributed by atoms with Crippen LogP contribution in [-0.2, 0) is 14.3 Å². The van der Waals surface area contributed by atoms with Crippen LogP contribution in [-0.4, -0.2) is 30.2 Å². The molecular formula is C15H15BrN2O5. The summed E-state index contributed by atoms with van der Waals surface area (Å²) in [7, 11) is 0. The van der Waals surface area contributed by atoms with Crippen molar-refractivity contribution in [2.24, 2.45) is 0 Å². The van der Waals surface area contributed by atoms with Crippen molar-refractivity contribution < 1.29 is 23.6 Å². The van der Waals surface area contributed by atoms with Gasteiger partial charge in [-0.05, 0) is 42.8 Å². The first-order valence-electron chi connectivity index (χ1n) is 6.72. The minimum atomic E-state index is -0.673. The average Bonchev–Trinajstić information content (AvgIpc) is 2.92. The van der Waals surface area contributed by atoms with Crippen molar-refractivity contribution in [1.29, 1.82) is 0 Å². The van der Waals surface area contributed by atoms with E-state index in [4.69, 9.17) is 14.0 Å². The standard InChI is InChI=1S/C15H15BrN2O5/c1-9-5-11(3-4-12(9)16)17-13(19)7-22-15(20)8-21-14-6-10(2)23-18-14/h3-6H,7-8H2,1-2H3,(H,17,19). The van der Waals surface area contributed by atoms with Gasteiger partial charge in [0.2, 0.25) is 0 Å². The van der Waals surface area contributed by atoms with E-state index in [1.54, 1.807) is 19.1 Å². The number of hydrogen-bond donors (Lipinski definition) is 1. The van der Waals surface area contributed by atoms with Crippen LogP contribution in [0.2, 0.25) is 0 Å². The van der Waals surface area contributed by atoms with E-state index in [2.05, 4.69) is 26.4 Å². The quantitative estimate of drug-likeness (QED) is 0.772. The summed E-state index contributed by atoms with van der Waals surface area (Å²) in [5.41, 5.74) is 1.61. The van der Waals surface area contributed by atoms with Gasteiger partial charge in [-0.1, -0.05) is 15.9 Å². The molecule has 0 spiro atoms. The van der Waals surface area contributed by atoms with Crippen LogP contribution in [0.5, 0.6) is 5.88 Å². The van der Waals surface area contributed by atoms with Gasteiger partial charge in [0.1, 0.15) is 5.76 Å². The van der Waals surface area contributed by atoms with E-state index in [-0.39, 0.29) is 12.5 Å². The molecule has 0 saturated heterocycles. The Kier molecular flexibility index (Phi) is 5.75. The van der Waals surface area contributed by atoms with Crippen molar-refractivity contribution in [2.45, 2.75) is 13.8 Å². The van der Waals surface area contributed by atoms with Gasteiger partial charge in [0.25, 0.3) is 11.8 Å². The smallest absolute Gasteiger partial charge is 0.344 e. The molecule has 8 heteroatoms. The first-order valence-corrected chi connectivity index (χ1v) is 7.51. The Morgan fingerprint density at radius 1 is 1.26 bits per heavy atom. The van der Waals surface area contributed by atoms with Gasteiger partial charge < -0.3 is 19.3 Å². The molecule has 1 heterocycles. The molecule has 2 rings (SSSR count). The Labute approximate surface area is 141 Å². The monoisotopic (exact) mass is 382 g/mol. The van der Waals surface area contributed by atoms with Crippen molar-refractivity contribution in [3.8, 4) is 5.88 Å². The van der Waals surface area contributed by atoms with E-state index in [9.17, 15) is 9.59 Å². The highest BCUT2D eigenvalue weighted by molar-refractivity contribution is 9.10. The largest absolute Gasteiger partial charge is 0.463 e. The van der Waals surface area contributed by atoms with Crippen molar-refractivity contribution in [1.82, 2.24) is 5.16 Å². The number of nitrogens with zero attached hydrogens (tertiary/aromatic N) is 1. The zero-order valence-electron chi connectivity index (χ0n) is 12.6. The molecular weight excluding hydrogens is 368 g/mol. The minimum absolute atomic E-state index is 0.189. The fraction of sp³-hybridized carbons (Fsp3) is 0.267. The number of rotatable bonds is 6. The summed E-state index contributed by atoms with van der Waals surface area (Å²) in [6, 6.07) is 6.91. The number of esters is 1. The summed E-state index contributed by atoms with van der Waals surface area (Å²) < 4.78 is 15.6. The van der Waals surface area contributed by atoms with E-state index in [1.165, 1.54) is 6.07 Å². The van der Waals surface area contributed by atoms with Crippen molar-refractivity contribution in [3.05, 3.63) is 40.1 Å². The number of anilines is 1. The van der Waals surface area contributed by atoms with Gasteiger partial charge in [0.15, 0.2) is 13.2 Å². The third kappa shape index (κ3) is 5.41. The van der Waals surface area contributed by atoms with Gasteiger partial charge in [-0.15, -0.1) is 0 Å². The Morgan fingerprint density at radius 3 is 2.70 bits per heavy atom. The summed E-state index contributed by atoms with van der Waals surface area (Å²) in [6.45, 7) is 2.86. The van der Waals surface area contributed by atoms with E-state index in [0.717, 1.165) is 10.0 Å². The lowest BCUT2D eigenvalue weighted by atomic mass is 10.2. The predicted molar refractivity (Wildman–Crippen MR) is 85.2 cm³/mol. The van der Waals surface area contributed by atoms with Crippen molar-refractivity contribution in [3.63, 3.8) is 0 Å². The summed E-state index contributed by atoms with van der Waals surface area (Å²) in [5.74, 6) is -0.350. The molecule has 1 aromatic heterocycles. The molecule has 122 valence electrons. The van der Waals surface area contributed by atoms with Crippen molar-refractivity contribution in [2.75, 3.05) is 18.5 Å². The van der Waals surface area contributed by atoms with Gasteiger partial charge >= 0.3 is 5.97 Å². The van der Waals surface area contributed by atoms with E-state index in [0.29, 0.717) is 11.4 Å². The van der Waals surface area contributed by atoms with Crippen molar-refractivity contribution >= 4 is 33.5 Å². The topological polar surface area (TPSA) is 90.7 Å². The normalized spacial score (nSPS) is 10.2. The maximum Gasteiger partial charge on any atom is 0.344 e. The van der Waals surface area contributed by atoms with Crippen LogP contribution < -0.4 is 10.1 Å². The van der Waals surface area contributed by atoms with E-state index < -0.39 is 18.5 Å². The Hall–Kier alpha value is -2.35. The molecule has 0 bridgehead atoms. The van der Waals surface area contributed by atoms with Gasteiger partial charge in [-0.3, -0.25) is 4.79 Å². The molecule has 1 aromatic carbocycles. The third-order valence-corrected chi connectivity index (χ3v) is 3.64. The Balaban J connectivity index is 1.73. The van der Waals surface area contributed by atoms with Gasteiger partial charge in [0.05, 0.1) is 0 Å². The zero-order chi connectivity index (χ0) is 16.8. The lowest BCUT2D eigenvalue weighted by Gasteiger charge is -2.08. The summed E-state index contributed by atoms with van der Waals surface area (Å²) in [6.07, 6.45) is 0. The van der Waals surface area contributed by atoms with Crippen LogP contribution >= 0.6 is 15.9 Å². The highest BCUT2D eigenvalue weighted by Crippen LogP contribution is 2.19. The molecule has 0 aliphatic rings. The molecule has 0 atom stereocenters. The van der Waals surface area contributed by atoms with Gasteiger partial charge in [0, 0.05) is 16.2 Å². The number of hydrogen-bond acceptors (Lipinski definition) is 6. The molecule has 0 aliphatic heterocycles. The number of benzene rings is 1. The van der Waals surface area contributed by atoms with Gasteiger partial charge in [-0.25, -0.2) is 4.79 Å². The lowest BCUT2D eigenvalue weighted by Crippen LogP contribution is -2.23. The number of nitrogens with one attached hydrogen (secondary N) is 1. The number of amides is 1. The molecule has 1 amide bonds. The highest BCUT2D eigenvalue weighted by Gasteiger charge is 2.10. The molecule has 2 aromatic rings. The second kappa shape index (κ2) is 7.77. The number of aromatic nitrogens is 1. The number of aryl methyl sites for hydroxylation is 2. The molecule has 7 nitrogen and oxygen atoms in total. The second-order valence-corrected chi connectivity index (χ2v) is 5.59. The highest BCUT2D eigenvalue weighted by atomic mass is 79.9. The minimum Gasteiger partial charge on any atom is -0.463 e. The number of halogens is 1. The maximum atomic E-state index is 11.7. The predicted octanol–water partition coefficient (Wildman–Crippen LogP) is 2.61. The first kappa shape index (κ1) is 17.0. The summed E-state index contributed by atoms with van der Waals surface area (Å²) >= 11 is 3.38. The first-order chi connectivity index (χ1) is 10.9. The molecule has 23 heavy (non-hydrogen) atoms. The van der Waals surface area contributed by atoms with E-state index >= 15 is 0 Å². The molecule has 0 fully saturated rings. The fourth-order valence-corrected chi connectivity index (χ4v) is 1.90. The van der Waals surface area contributed by atoms with Crippen LogP contribution in [0, 0.1) is 13.8 Å². The molecule has 0 radical (unpaired) electrons. The molecule has 0 saturated carbocycles. The maximum absolute atomic E-state index is 11.7. The molecule has 0 unspecified atom stereocenters. The van der Waals surface area contributed by atoms with Crippen LogP contribution in [0.25, 0.3) is 0 Å². The summed E-state index contributed by atoms with van der Waals surface area (Å²) in [4.78, 5) is 23.2. The van der Waals surface area contributed by atoms with Crippen LogP contribution in [0.3, 0.4) is 0 Å². The number of carbonyl (C=O) groups is 2. The molecule has 0 aliphatic carbocycles. The number of carbonyl (C=O) groups excluding carboxylic acids is 2. The zero-order valence-corrected chi connectivity index (χ0v) is 14.2.